The zero-order chi connectivity index (χ0) is 13.6. The van der Waals surface area contributed by atoms with Gasteiger partial charge in [-0.2, -0.15) is 0 Å². The van der Waals surface area contributed by atoms with Gasteiger partial charge in [0.05, 0.1) is 5.75 Å². The third kappa shape index (κ3) is 5.68. The average Bonchev–Trinajstić information content (AvgIpc) is 2.16. The molecule has 4 nitrogen and oxygen atoms in total. The number of rotatable bonds is 6. The number of hydrogen-bond acceptors (Lipinski definition) is 4. The number of nitro groups is 1. The summed E-state index contributed by atoms with van der Waals surface area (Å²) < 4.78 is 0.760. The smallest absolute Gasteiger partial charge is 0.222 e. The lowest BCUT2D eigenvalue weighted by Crippen LogP contribution is -2.40. The second-order valence-corrected chi connectivity index (χ2v) is 6.17. The molecule has 0 bridgehead atoms. The van der Waals surface area contributed by atoms with Crippen molar-refractivity contribution >= 4 is 28.3 Å². The topological polar surface area (TPSA) is 46.4 Å². The molecule has 0 rings (SSSR count). The summed E-state index contributed by atoms with van der Waals surface area (Å²) in [5.41, 5.74) is 0. The Kier molecular flexibility index (Phi) is 7.70. The Bertz CT molecular complexity index is 262. The van der Waals surface area contributed by atoms with Crippen LogP contribution in [0.3, 0.4) is 0 Å². The van der Waals surface area contributed by atoms with Gasteiger partial charge < -0.3 is 4.90 Å². The molecule has 0 aromatic heterocycles. The Balaban J connectivity index is 4.37. The first-order valence-electron chi connectivity index (χ1n) is 5.89. The minimum atomic E-state index is -0.501. The molecule has 0 radical (unpaired) electrons. The van der Waals surface area contributed by atoms with Crippen LogP contribution in [-0.2, 0) is 0 Å². The second kappa shape index (κ2) is 7.87. The molecule has 0 N–H and O–H groups in total. The van der Waals surface area contributed by atoms with Gasteiger partial charge >= 0.3 is 0 Å². The van der Waals surface area contributed by atoms with Crippen molar-refractivity contribution < 1.29 is 4.92 Å². The van der Waals surface area contributed by atoms with Gasteiger partial charge in [0.1, 0.15) is 4.32 Å². The zero-order valence-electron chi connectivity index (χ0n) is 11.2. The highest BCUT2D eigenvalue weighted by molar-refractivity contribution is 8.22. The van der Waals surface area contributed by atoms with Crippen LogP contribution in [0, 0.1) is 10.1 Å². The van der Waals surface area contributed by atoms with Crippen LogP contribution in [0.15, 0.2) is 0 Å². The maximum Gasteiger partial charge on any atom is 0.222 e. The maximum atomic E-state index is 10.7. The molecule has 0 aliphatic heterocycles. The quantitative estimate of drug-likeness (QED) is 0.424. The third-order valence-corrected chi connectivity index (χ3v) is 4.07. The van der Waals surface area contributed by atoms with Crippen molar-refractivity contribution in [1.29, 1.82) is 0 Å². The molecule has 0 saturated carbocycles. The van der Waals surface area contributed by atoms with Crippen LogP contribution in [-0.4, -0.2) is 38.0 Å². The van der Waals surface area contributed by atoms with E-state index in [9.17, 15) is 10.1 Å². The highest BCUT2D eigenvalue weighted by Crippen LogP contribution is 2.18. The Morgan fingerprint density at radius 1 is 1.35 bits per heavy atom. The molecule has 0 aromatic rings. The predicted octanol–water partition coefficient (Wildman–Crippen LogP) is 3.18. The molecule has 100 valence electrons. The highest BCUT2D eigenvalue weighted by atomic mass is 32.2. The first-order chi connectivity index (χ1) is 7.81. The summed E-state index contributed by atoms with van der Waals surface area (Å²) >= 11 is 6.76. The lowest BCUT2D eigenvalue weighted by Gasteiger charge is -2.32. The Labute approximate surface area is 113 Å². The van der Waals surface area contributed by atoms with Gasteiger partial charge in [-0.15, -0.1) is 0 Å². The number of hydrogen-bond donors (Lipinski definition) is 0. The molecule has 0 aliphatic rings. The number of thiocarbonyl (C=S) groups is 1. The van der Waals surface area contributed by atoms with E-state index in [1.807, 2.05) is 6.92 Å². The fourth-order valence-corrected chi connectivity index (χ4v) is 3.48. The van der Waals surface area contributed by atoms with Crippen LogP contribution in [0.2, 0.25) is 0 Å². The Morgan fingerprint density at radius 3 is 2.12 bits per heavy atom. The summed E-state index contributed by atoms with van der Waals surface area (Å²) in [7, 11) is 0. The lowest BCUT2D eigenvalue weighted by atomic mass is 10.2. The average molecular weight is 278 g/mol. The molecule has 0 heterocycles. The molecule has 0 fully saturated rings. The maximum absolute atomic E-state index is 10.7. The first-order valence-corrected chi connectivity index (χ1v) is 7.29. The van der Waals surface area contributed by atoms with Gasteiger partial charge in [0.25, 0.3) is 0 Å². The summed E-state index contributed by atoms with van der Waals surface area (Å²) in [4.78, 5) is 12.6. The molecule has 0 aromatic carbocycles. The van der Waals surface area contributed by atoms with E-state index >= 15 is 0 Å². The molecule has 17 heavy (non-hydrogen) atoms. The van der Waals surface area contributed by atoms with Crippen molar-refractivity contribution in [1.82, 2.24) is 4.90 Å². The largest absolute Gasteiger partial charge is 0.353 e. The van der Waals surface area contributed by atoms with Gasteiger partial charge in [0, 0.05) is 23.4 Å². The molecule has 6 heteroatoms. The van der Waals surface area contributed by atoms with Gasteiger partial charge in [0.2, 0.25) is 6.04 Å². The SMILES string of the molecule is CCC(CSC(=S)N(C(C)C)C(C)C)[N+](=O)[O-]. The zero-order valence-corrected chi connectivity index (χ0v) is 12.8. The van der Waals surface area contributed by atoms with Crippen LogP contribution in [0.1, 0.15) is 41.0 Å². The van der Waals surface area contributed by atoms with Crippen molar-refractivity contribution in [3.8, 4) is 0 Å². The van der Waals surface area contributed by atoms with Crippen molar-refractivity contribution in [2.24, 2.45) is 0 Å². The predicted molar refractivity (Wildman–Crippen MR) is 78.2 cm³/mol. The normalized spacial score (nSPS) is 12.9. The van der Waals surface area contributed by atoms with Crippen LogP contribution in [0.4, 0.5) is 0 Å². The summed E-state index contributed by atoms with van der Waals surface area (Å²) in [6.07, 6.45) is 0.548. The van der Waals surface area contributed by atoms with Crippen molar-refractivity contribution in [3.05, 3.63) is 10.1 Å². The standard InChI is InChI=1S/C11H22N2O2S2/c1-6-10(13(14)15)7-17-11(16)12(8(2)3)9(4)5/h8-10H,6-7H2,1-5H3. The molecule has 0 amide bonds. The van der Waals surface area contributed by atoms with Gasteiger partial charge in [-0.25, -0.2) is 0 Å². The van der Waals surface area contributed by atoms with Gasteiger partial charge in [-0.3, -0.25) is 10.1 Å². The van der Waals surface area contributed by atoms with Crippen molar-refractivity contribution in [2.45, 2.75) is 59.2 Å². The van der Waals surface area contributed by atoms with E-state index in [-0.39, 0.29) is 4.92 Å². The summed E-state index contributed by atoms with van der Waals surface area (Å²) in [5, 5.41) is 10.7. The summed E-state index contributed by atoms with van der Waals surface area (Å²) in [6.45, 7) is 10.2. The summed E-state index contributed by atoms with van der Waals surface area (Å²) in [5.74, 6) is 0.457. The van der Waals surface area contributed by atoms with E-state index < -0.39 is 6.04 Å². The number of nitrogens with zero attached hydrogens (tertiary/aromatic N) is 2. The molecular formula is C11H22N2O2S2. The highest BCUT2D eigenvalue weighted by Gasteiger charge is 2.22. The van der Waals surface area contributed by atoms with E-state index in [0.29, 0.717) is 24.3 Å². The van der Waals surface area contributed by atoms with Crippen molar-refractivity contribution in [3.63, 3.8) is 0 Å². The van der Waals surface area contributed by atoms with E-state index in [1.54, 1.807) is 0 Å². The number of thioether (sulfide) groups is 1. The minimum absolute atomic E-state index is 0.218. The van der Waals surface area contributed by atoms with Crippen LogP contribution < -0.4 is 0 Å². The minimum Gasteiger partial charge on any atom is -0.353 e. The van der Waals surface area contributed by atoms with E-state index in [4.69, 9.17) is 12.2 Å². The molecule has 0 spiro atoms. The van der Waals surface area contributed by atoms with Crippen LogP contribution in [0.25, 0.3) is 0 Å². The van der Waals surface area contributed by atoms with Crippen molar-refractivity contribution in [2.75, 3.05) is 5.75 Å². The van der Waals surface area contributed by atoms with Crippen LogP contribution >= 0.6 is 24.0 Å². The monoisotopic (exact) mass is 278 g/mol. The lowest BCUT2D eigenvalue weighted by molar-refractivity contribution is -0.516. The van der Waals surface area contributed by atoms with E-state index in [0.717, 1.165) is 4.32 Å². The van der Waals surface area contributed by atoms with E-state index in [2.05, 4.69) is 32.6 Å². The van der Waals surface area contributed by atoms with E-state index in [1.165, 1.54) is 11.8 Å². The Morgan fingerprint density at radius 2 is 1.82 bits per heavy atom. The second-order valence-electron chi connectivity index (χ2n) is 4.52. The molecule has 0 aliphatic carbocycles. The fourth-order valence-electron chi connectivity index (χ4n) is 1.59. The van der Waals surface area contributed by atoms with Gasteiger partial charge in [-0.05, 0) is 27.7 Å². The summed E-state index contributed by atoms with van der Waals surface area (Å²) in [6, 6.07) is 0.149. The van der Waals surface area contributed by atoms with Gasteiger partial charge in [-0.1, -0.05) is 30.9 Å². The van der Waals surface area contributed by atoms with Crippen LogP contribution in [0.5, 0.6) is 0 Å². The van der Waals surface area contributed by atoms with Gasteiger partial charge in [0.15, 0.2) is 0 Å². The Hall–Kier alpha value is -0.360. The molecule has 1 unspecified atom stereocenters. The molecular weight excluding hydrogens is 256 g/mol. The third-order valence-electron chi connectivity index (χ3n) is 2.49. The molecule has 1 atom stereocenters. The molecule has 0 saturated heterocycles. The fraction of sp³-hybridized carbons (Fsp3) is 0.909. The first kappa shape index (κ1) is 16.6.